The predicted molar refractivity (Wildman–Crippen MR) is 240 cm³/mol. The van der Waals surface area contributed by atoms with Gasteiger partial charge < -0.3 is 0 Å². The molecule has 0 N–H and O–H groups in total. The van der Waals surface area contributed by atoms with Gasteiger partial charge in [-0.3, -0.25) is 4.98 Å². The minimum Gasteiger partial charge on any atom is -0.251 e. The van der Waals surface area contributed by atoms with Crippen LogP contribution in [0.15, 0.2) is 188 Å². The average Bonchev–Trinajstić information content (AvgIpc) is 3.26. The van der Waals surface area contributed by atoms with Crippen LogP contribution < -0.4 is 0 Å². The largest absolute Gasteiger partial charge is 0.251 e. The first-order valence-corrected chi connectivity index (χ1v) is 19.8. The molecule has 7 aromatic carbocycles. The smallest absolute Gasteiger partial charge is 0.164 e. The summed E-state index contributed by atoms with van der Waals surface area (Å²) in [5, 5.41) is 2.35. The van der Waals surface area contributed by atoms with Crippen molar-refractivity contribution in [3.63, 3.8) is 0 Å². The molecule has 9 rings (SSSR count). The number of pyridine rings is 1. The van der Waals surface area contributed by atoms with Gasteiger partial charge in [-0.05, 0) is 64.7 Å². The maximum Gasteiger partial charge on any atom is 0.164 e. The standard InChI is InChI=1S/C51H37IN4/c1-51(2,52)46-33-43-16-9-10-19-45(43)47(53-46)39-26-20-38(21-27-39)42-17-11-18-44(32-42)50-55-48(40-28-22-36(23-29-40)34-12-5-3-6-13-34)54-49(56-50)41-30-24-37(25-31-41)35-14-7-4-8-15-35/h3-33H,1-2H3. The van der Waals surface area contributed by atoms with Gasteiger partial charge in [-0.1, -0.05) is 199 Å². The van der Waals surface area contributed by atoms with E-state index in [0.29, 0.717) is 17.5 Å². The second kappa shape index (κ2) is 15.1. The highest BCUT2D eigenvalue weighted by Gasteiger charge is 2.20. The summed E-state index contributed by atoms with van der Waals surface area (Å²) in [6.45, 7) is 4.40. The van der Waals surface area contributed by atoms with E-state index >= 15 is 0 Å². The summed E-state index contributed by atoms with van der Waals surface area (Å²) in [6, 6.07) is 65.6. The van der Waals surface area contributed by atoms with Crippen LogP contribution in [0.3, 0.4) is 0 Å². The molecule has 0 radical (unpaired) electrons. The van der Waals surface area contributed by atoms with E-state index in [2.05, 4.69) is 212 Å². The quantitative estimate of drug-likeness (QED) is 0.113. The second-order valence-corrected chi connectivity index (χ2v) is 17.1. The van der Waals surface area contributed by atoms with Crippen LogP contribution in [0.4, 0.5) is 0 Å². The molecule has 56 heavy (non-hydrogen) atoms. The van der Waals surface area contributed by atoms with Crippen molar-refractivity contribution in [2.75, 3.05) is 0 Å². The molecule has 0 aliphatic rings. The summed E-state index contributed by atoms with van der Waals surface area (Å²) in [5.41, 5.74) is 12.7. The third-order valence-electron chi connectivity index (χ3n) is 10.1. The summed E-state index contributed by atoms with van der Waals surface area (Å²) < 4.78 is -0.0943. The molecule has 0 amide bonds. The van der Waals surface area contributed by atoms with Crippen molar-refractivity contribution >= 4 is 33.4 Å². The SMILES string of the molecule is CC(C)(I)c1cc2ccccc2c(-c2ccc(-c3cccc(-c4nc(-c5ccc(-c6ccccc6)cc5)nc(-c5ccc(-c6ccccc6)cc5)n4)c3)cc2)n1. The number of hydrogen-bond acceptors (Lipinski definition) is 4. The summed E-state index contributed by atoms with van der Waals surface area (Å²) in [4.78, 5) is 20.4. The van der Waals surface area contributed by atoms with Gasteiger partial charge in [0.1, 0.15) is 0 Å². The normalized spacial score (nSPS) is 11.5. The van der Waals surface area contributed by atoms with Crippen molar-refractivity contribution in [2.45, 2.75) is 17.3 Å². The summed E-state index contributed by atoms with van der Waals surface area (Å²) >= 11 is 2.47. The number of benzene rings is 7. The van der Waals surface area contributed by atoms with E-state index in [0.717, 1.165) is 61.3 Å². The van der Waals surface area contributed by atoms with Gasteiger partial charge in [0.2, 0.25) is 0 Å². The Kier molecular flexibility index (Phi) is 9.53. The third kappa shape index (κ3) is 7.38. The van der Waals surface area contributed by atoms with E-state index < -0.39 is 0 Å². The van der Waals surface area contributed by atoms with Gasteiger partial charge in [-0.25, -0.2) is 15.0 Å². The van der Waals surface area contributed by atoms with Gasteiger partial charge in [0.05, 0.1) is 14.8 Å². The lowest BCUT2D eigenvalue weighted by Gasteiger charge is -2.18. The van der Waals surface area contributed by atoms with Gasteiger partial charge in [-0.2, -0.15) is 0 Å². The molecule has 9 aromatic rings. The van der Waals surface area contributed by atoms with Crippen molar-refractivity contribution in [2.24, 2.45) is 0 Å². The number of rotatable bonds is 8. The van der Waals surface area contributed by atoms with Gasteiger partial charge in [0, 0.05) is 27.6 Å². The van der Waals surface area contributed by atoms with Gasteiger partial charge in [0.25, 0.3) is 0 Å². The molecule has 0 saturated carbocycles. The molecule has 0 fully saturated rings. The number of nitrogens with zero attached hydrogens (tertiary/aromatic N) is 4. The molecule has 268 valence electrons. The van der Waals surface area contributed by atoms with Crippen molar-refractivity contribution in [1.82, 2.24) is 19.9 Å². The molecule has 0 saturated heterocycles. The van der Waals surface area contributed by atoms with Crippen LogP contribution in [0.2, 0.25) is 0 Å². The van der Waals surface area contributed by atoms with Crippen LogP contribution in [0, 0.1) is 0 Å². The zero-order valence-electron chi connectivity index (χ0n) is 31.1. The maximum absolute atomic E-state index is 5.18. The van der Waals surface area contributed by atoms with Crippen molar-refractivity contribution in [3.8, 4) is 78.8 Å². The van der Waals surface area contributed by atoms with E-state index in [1.165, 1.54) is 16.5 Å². The molecule has 0 aliphatic carbocycles. The number of aromatic nitrogens is 4. The van der Waals surface area contributed by atoms with Crippen LogP contribution in [-0.4, -0.2) is 19.9 Å². The topological polar surface area (TPSA) is 51.6 Å². The second-order valence-electron chi connectivity index (χ2n) is 14.4. The Morgan fingerprint density at radius 2 is 0.732 bits per heavy atom. The summed E-state index contributed by atoms with van der Waals surface area (Å²) in [7, 11) is 0. The van der Waals surface area contributed by atoms with Crippen LogP contribution >= 0.6 is 22.6 Å². The Bertz CT molecular complexity index is 2690. The molecule has 0 atom stereocenters. The molecule has 0 aliphatic heterocycles. The molecule has 2 aromatic heterocycles. The molecule has 0 bridgehead atoms. The van der Waals surface area contributed by atoms with E-state index in [1.807, 2.05) is 12.1 Å². The van der Waals surface area contributed by atoms with E-state index in [9.17, 15) is 0 Å². The molecule has 0 spiro atoms. The maximum atomic E-state index is 5.18. The highest BCUT2D eigenvalue weighted by Crippen LogP contribution is 2.36. The molecular weight excluding hydrogens is 795 g/mol. The molecule has 4 nitrogen and oxygen atoms in total. The van der Waals surface area contributed by atoms with Crippen molar-refractivity contribution in [1.29, 1.82) is 0 Å². The lowest BCUT2D eigenvalue weighted by atomic mass is 9.97. The molecular formula is C51H37IN4. The first kappa shape index (κ1) is 35.4. The highest BCUT2D eigenvalue weighted by atomic mass is 127. The zero-order valence-corrected chi connectivity index (χ0v) is 33.2. The molecule has 0 unspecified atom stereocenters. The Morgan fingerprint density at radius 3 is 1.27 bits per heavy atom. The van der Waals surface area contributed by atoms with Crippen LogP contribution in [0.5, 0.6) is 0 Å². The van der Waals surface area contributed by atoms with Gasteiger partial charge >= 0.3 is 0 Å². The first-order chi connectivity index (χ1) is 27.4. The van der Waals surface area contributed by atoms with Gasteiger partial charge in [-0.15, -0.1) is 0 Å². The van der Waals surface area contributed by atoms with Gasteiger partial charge in [0.15, 0.2) is 17.5 Å². The van der Waals surface area contributed by atoms with E-state index in [4.69, 9.17) is 19.9 Å². The van der Waals surface area contributed by atoms with Crippen LogP contribution in [0.1, 0.15) is 19.5 Å². The monoisotopic (exact) mass is 832 g/mol. The average molecular weight is 833 g/mol. The van der Waals surface area contributed by atoms with E-state index in [-0.39, 0.29) is 3.42 Å². The summed E-state index contributed by atoms with van der Waals surface area (Å²) in [5.74, 6) is 1.88. The third-order valence-corrected chi connectivity index (χ3v) is 10.7. The Labute approximate surface area is 341 Å². The van der Waals surface area contributed by atoms with Crippen LogP contribution in [-0.2, 0) is 3.42 Å². The first-order valence-electron chi connectivity index (χ1n) is 18.7. The fraction of sp³-hybridized carbons (Fsp3) is 0.0588. The van der Waals surface area contributed by atoms with Crippen molar-refractivity contribution in [3.05, 3.63) is 194 Å². The predicted octanol–water partition coefficient (Wildman–Crippen LogP) is 13.8. The number of fused-ring (bicyclic) bond motifs is 1. The zero-order chi connectivity index (χ0) is 38.1. The number of halogens is 1. The number of hydrogen-bond donors (Lipinski definition) is 0. The van der Waals surface area contributed by atoms with E-state index in [1.54, 1.807) is 0 Å². The summed E-state index contributed by atoms with van der Waals surface area (Å²) in [6.07, 6.45) is 0. The minimum atomic E-state index is -0.0943. The highest BCUT2D eigenvalue weighted by molar-refractivity contribution is 14.1. The lowest BCUT2D eigenvalue weighted by molar-refractivity contribution is 0.791. The minimum absolute atomic E-state index is 0.0943. The molecule has 2 heterocycles. The fourth-order valence-electron chi connectivity index (χ4n) is 7.03. The Morgan fingerprint density at radius 1 is 0.339 bits per heavy atom. The molecule has 5 heteroatoms. The fourth-order valence-corrected chi connectivity index (χ4v) is 7.31. The Balaban J connectivity index is 1.09. The number of alkyl halides is 1. The van der Waals surface area contributed by atoms with Crippen LogP contribution in [0.25, 0.3) is 89.6 Å². The van der Waals surface area contributed by atoms with Crippen molar-refractivity contribution < 1.29 is 0 Å². The Hall–Kier alpha value is -6.31. The lowest BCUT2D eigenvalue weighted by Crippen LogP contribution is -2.10.